The molecule has 1 aromatic heterocycles. The van der Waals surface area contributed by atoms with Crippen molar-refractivity contribution < 1.29 is 13.2 Å². The quantitative estimate of drug-likeness (QED) is 0.883. The summed E-state index contributed by atoms with van der Waals surface area (Å²) in [5.74, 6) is -0.580. The molecule has 7 heteroatoms. The highest BCUT2D eigenvalue weighted by Gasteiger charge is 2.41. The van der Waals surface area contributed by atoms with Crippen LogP contribution in [-0.2, 0) is 14.8 Å². The molecule has 2 rings (SSSR count). The summed E-state index contributed by atoms with van der Waals surface area (Å²) in [6, 6.07) is 1.60. The largest absolute Gasteiger partial charge is 0.368 e. The summed E-state index contributed by atoms with van der Waals surface area (Å²) >= 11 is 1.15. The maximum atomic E-state index is 12.3. The molecule has 1 amide bonds. The van der Waals surface area contributed by atoms with Crippen molar-refractivity contribution in [2.24, 2.45) is 5.73 Å². The third-order valence-corrected chi connectivity index (χ3v) is 6.57. The van der Waals surface area contributed by atoms with E-state index in [1.807, 2.05) is 6.92 Å². The van der Waals surface area contributed by atoms with E-state index in [0.29, 0.717) is 12.8 Å². The van der Waals surface area contributed by atoms with Crippen LogP contribution >= 0.6 is 11.3 Å². The van der Waals surface area contributed by atoms with E-state index < -0.39 is 21.5 Å². The van der Waals surface area contributed by atoms with Gasteiger partial charge < -0.3 is 5.73 Å². The van der Waals surface area contributed by atoms with Gasteiger partial charge in [0.05, 0.1) is 0 Å². The Labute approximate surface area is 117 Å². The lowest BCUT2D eigenvalue weighted by atomic mass is 9.82. The van der Waals surface area contributed by atoms with Gasteiger partial charge in [0.25, 0.3) is 10.0 Å². The van der Waals surface area contributed by atoms with Gasteiger partial charge in [-0.05, 0) is 36.8 Å². The number of nitrogens with two attached hydrogens (primary N) is 1. The normalized spacial score (nSPS) is 19.2. The fraction of sp³-hybridized carbons (Fsp3) is 0.583. The number of thiophene rings is 1. The highest BCUT2D eigenvalue weighted by Crippen LogP contribution is 2.30. The molecule has 3 N–H and O–H groups in total. The second kappa shape index (κ2) is 5.22. The number of hydrogen-bond donors (Lipinski definition) is 2. The topological polar surface area (TPSA) is 89.3 Å². The van der Waals surface area contributed by atoms with Crippen LogP contribution in [0, 0.1) is 6.92 Å². The van der Waals surface area contributed by atoms with Crippen molar-refractivity contribution in [3.8, 4) is 0 Å². The Kier molecular flexibility index (Phi) is 3.98. The van der Waals surface area contributed by atoms with Crippen molar-refractivity contribution >= 4 is 27.3 Å². The first-order chi connectivity index (χ1) is 8.86. The standard InChI is InChI=1S/C12H18N2O3S2/c1-9-7-10(18-8-9)19(16,17)14-12(11(13)15)5-3-2-4-6-12/h7-8,14H,2-6H2,1H3,(H2,13,15). The van der Waals surface area contributed by atoms with E-state index in [2.05, 4.69) is 4.72 Å². The maximum absolute atomic E-state index is 12.3. The van der Waals surface area contributed by atoms with E-state index in [1.54, 1.807) is 11.4 Å². The van der Waals surface area contributed by atoms with Gasteiger partial charge in [0.1, 0.15) is 9.75 Å². The van der Waals surface area contributed by atoms with Gasteiger partial charge in [-0.15, -0.1) is 11.3 Å². The zero-order valence-corrected chi connectivity index (χ0v) is 12.4. The van der Waals surface area contributed by atoms with Crippen LogP contribution in [0.4, 0.5) is 0 Å². The number of aryl methyl sites for hydroxylation is 1. The summed E-state index contributed by atoms with van der Waals surface area (Å²) in [6.07, 6.45) is 3.59. The van der Waals surface area contributed by atoms with Gasteiger partial charge in [0.2, 0.25) is 5.91 Å². The highest BCUT2D eigenvalue weighted by molar-refractivity contribution is 7.91. The molecule has 1 aromatic rings. The predicted octanol–water partition coefficient (Wildman–Crippen LogP) is 1.52. The first-order valence-corrected chi connectivity index (χ1v) is 8.61. The van der Waals surface area contributed by atoms with Gasteiger partial charge in [-0.3, -0.25) is 4.79 Å². The van der Waals surface area contributed by atoms with E-state index in [1.165, 1.54) is 0 Å². The van der Waals surface area contributed by atoms with Crippen LogP contribution in [0.2, 0.25) is 0 Å². The molecular weight excluding hydrogens is 284 g/mol. The van der Waals surface area contributed by atoms with Gasteiger partial charge in [0.15, 0.2) is 0 Å². The average molecular weight is 302 g/mol. The lowest BCUT2D eigenvalue weighted by Gasteiger charge is -2.34. The van der Waals surface area contributed by atoms with E-state index in [-0.39, 0.29) is 4.21 Å². The van der Waals surface area contributed by atoms with E-state index >= 15 is 0 Å². The SMILES string of the molecule is Cc1csc(S(=O)(=O)NC2(C(N)=O)CCCCC2)c1. The molecule has 0 saturated heterocycles. The van der Waals surface area contributed by atoms with Crippen molar-refractivity contribution in [2.75, 3.05) is 0 Å². The molecule has 0 radical (unpaired) electrons. The van der Waals surface area contributed by atoms with E-state index in [4.69, 9.17) is 5.73 Å². The van der Waals surface area contributed by atoms with Crippen molar-refractivity contribution in [3.63, 3.8) is 0 Å². The molecule has 1 heterocycles. The Hall–Kier alpha value is -0.920. The lowest BCUT2D eigenvalue weighted by Crippen LogP contribution is -2.58. The number of sulfonamides is 1. The molecule has 0 aromatic carbocycles. The monoisotopic (exact) mass is 302 g/mol. The molecule has 106 valence electrons. The van der Waals surface area contributed by atoms with Crippen molar-refractivity contribution in [1.82, 2.24) is 4.72 Å². The van der Waals surface area contributed by atoms with Crippen LogP contribution in [-0.4, -0.2) is 19.9 Å². The van der Waals surface area contributed by atoms with Crippen molar-refractivity contribution in [2.45, 2.75) is 48.8 Å². The van der Waals surface area contributed by atoms with Crippen LogP contribution in [0.15, 0.2) is 15.7 Å². The van der Waals surface area contributed by atoms with Crippen molar-refractivity contribution in [3.05, 3.63) is 17.0 Å². The second-order valence-corrected chi connectivity index (χ2v) is 7.88. The fourth-order valence-electron chi connectivity index (χ4n) is 2.41. The smallest absolute Gasteiger partial charge is 0.251 e. The molecule has 0 aliphatic heterocycles. The van der Waals surface area contributed by atoms with Crippen LogP contribution < -0.4 is 10.5 Å². The average Bonchev–Trinajstić information content (AvgIpc) is 2.77. The minimum Gasteiger partial charge on any atom is -0.368 e. The van der Waals surface area contributed by atoms with Gasteiger partial charge in [-0.2, -0.15) is 4.72 Å². The van der Waals surface area contributed by atoms with Gasteiger partial charge in [-0.25, -0.2) is 8.42 Å². The Balaban J connectivity index is 2.29. The third-order valence-electron chi connectivity index (χ3n) is 3.48. The van der Waals surface area contributed by atoms with Gasteiger partial charge >= 0.3 is 0 Å². The second-order valence-electron chi connectivity index (χ2n) is 5.06. The molecule has 1 aliphatic carbocycles. The number of nitrogens with one attached hydrogen (secondary N) is 1. The van der Waals surface area contributed by atoms with Gasteiger partial charge in [0, 0.05) is 0 Å². The van der Waals surface area contributed by atoms with Crippen LogP contribution in [0.3, 0.4) is 0 Å². The number of carbonyl (C=O) groups excluding carboxylic acids is 1. The number of hydrogen-bond acceptors (Lipinski definition) is 4. The Morgan fingerprint density at radius 2 is 2.00 bits per heavy atom. The zero-order valence-electron chi connectivity index (χ0n) is 10.8. The summed E-state index contributed by atoms with van der Waals surface area (Å²) in [7, 11) is -3.67. The Morgan fingerprint density at radius 3 is 2.47 bits per heavy atom. The van der Waals surface area contributed by atoms with E-state index in [0.717, 1.165) is 36.2 Å². The lowest BCUT2D eigenvalue weighted by molar-refractivity contribution is -0.124. The molecule has 1 saturated carbocycles. The Morgan fingerprint density at radius 1 is 1.37 bits per heavy atom. The van der Waals surface area contributed by atoms with Crippen LogP contribution in [0.25, 0.3) is 0 Å². The van der Waals surface area contributed by atoms with Crippen LogP contribution in [0.1, 0.15) is 37.7 Å². The summed E-state index contributed by atoms with van der Waals surface area (Å²) in [6.45, 7) is 1.83. The predicted molar refractivity (Wildman–Crippen MR) is 74.4 cm³/mol. The van der Waals surface area contributed by atoms with Crippen molar-refractivity contribution in [1.29, 1.82) is 0 Å². The summed E-state index contributed by atoms with van der Waals surface area (Å²) in [4.78, 5) is 11.7. The first-order valence-electron chi connectivity index (χ1n) is 6.25. The summed E-state index contributed by atoms with van der Waals surface area (Å²) in [5.41, 5.74) is 5.20. The molecule has 0 unspecified atom stereocenters. The number of rotatable bonds is 4. The van der Waals surface area contributed by atoms with E-state index in [9.17, 15) is 13.2 Å². The molecule has 0 spiro atoms. The number of amides is 1. The fourth-order valence-corrected chi connectivity index (χ4v) is 5.07. The molecule has 19 heavy (non-hydrogen) atoms. The number of carbonyl (C=O) groups is 1. The molecular formula is C12H18N2O3S2. The maximum Gasteiger partial charge on any atom is 0.251 e. The molecule has 0 atom stereocenters. The molecule has 5 nitrogen and oxygen atoms in total. The summed E-state index contributed by atoms with van der Waals surface area (Å²) in [5, 5.41) is 1.77. The summed E-state index contributed by atoms with van der Waals surface area (Å²) < 4.78 is 27.4. The number of primary amides is 1. The first kappa shape index (κ1) is 14.5. The molecule has 0 bridgehead atoms. The van der Waals surface area contributed by atoms with Gasteiger partial charge in [-0.1, -0.05) is 19.3 Å². The zero-order chi connectivity index (χ0) is 14.1. The highest BCUT2D eigenvalue weighted by atomic mass is 32.2. The third kappa shape index (κ3) is 2.98. The van der Waals surface area contributed by atoms with Crippen LogP contribution in [0.5, 0.6) is 0 Å². The molecule has 1 aliphatic rings. The Bertz CT molecular complexity index is 572. The minimum atomic E-state index is -3.67. The minimum absolute atomic E-state index is 0.233. The molecule has 1 fully saturated rings.